The second-order valence-electron chi connectivity index (χ2n) is 5.47. The number of nitrogens with zero attached hydrogens (tertiary/aromatic N) is 1. The van der Waals surface area contributed by atoms with Gasteiger partial charge in [0.15, 0.2) is 0 Å². The molecule has 0 aromatic heterocycles. The molecule has 1 aliphatic rings. The molecule has 3 rings (SSSR count). The highest BCUT2D eigenvalue weighted by atomic mass is 16.4. The van der Waals surface area contributed by atoms with Crippen LogP contribution in [0.4, 0.5) is 0 Å². The largest absolute Gasteiger partial charge is 0.481 e. The van der Waals surface area contributed by atoms with E-state index in [0.29, 0.717) is 13.1 Å². The number of carbonyl (C=O) groups excluding carboxylic acids is 1. The van der Waals surface area contributed by atoms with Gasteiger partial charge in [-0.25, -0.2) is 0 Å². The first-order valence-corrected chi connectivity index (χ1v) is 7.12. The van der Waals surface area contributed by atoms with E-state index >= 15 is 0 Å². The maximum absolute atomic E-state index is 11.8. The molecule has 108 valence electrons. The minimum absolute atomic E-state index is 0.0531. The highest BCUT2D eigenvalue weighted by Gasteiger charge is 2.33. The number of carboxylic acids is 1. The van der Waals surface area contributed by atoms with Gasteiger partial charge in [0, 0.05) is 19.5 Å². The van der Waals surface area contributed by atoms with Crippen LogP contribution in [0.25, 0.3) is 10.8 Å². The van der Waals surface area contributed by atoms with Crippen molar-refractivity contribution in [1.82, 2.24) is 4.90 Å². The van der Waals surface area contributed by atoms with Crippen molar-refractivity contribution in [2.75, 3.05) is 13.1 Å². The average Bonchev–Trinajstić information content (AvgIpc) is 2.86. The summed E-state index contributed by atoms with van der Waals surface area (Å²) >= 11 is 0. The van der Waals surface area contributed by atoms with Crippen molar-refractivity contribution in [3.05, 3.63) is 48.0 Å². The second kappa shape index (κ2) is 5.56. The predicted octanol–water partition coefficient (Wildman–Crippen LogP) is 2.32. The normalized spacial score (nSPS) is 18.4. The monoisotopic (exact) mass is 283 g/mol. The van der Waals surface area contributed by atoms with Crippen LogP contribution in [-0.4, -0.2) is 35.0 Å². The Balaban J connectivity index is 1.73. The van der Waals surface area contributed by atoms with Gasteiger partial charge in [-0.3, -0.25) is 9.59 Å². The van der Waals surface area contributed by atoms with Crippen LogP contribution in [0.3, 0.4) is 0 Å². The molecule has 0 aliphatic carbocycles. The maximum atomic E-state index is 11.8. The van der Waals surface area contributed by atoms with Crippen molar-refractivity contribution in [2.45, 2.75) is 12.8 Å². The number of carbonyl (C=O) groups is 2. The van der Waals surface area contributed by atoms with E-state index in [-0.39, 0.29) is 12.3 Å². The Bertz CT molecular complexity index is 690. The highest BCUT2D eigenvalue weighted by Crippen LogP contribution is 2.21. The average molecular weight is 283 g/mol. The third-order valence-corrected chi connectivity index (χ3v) is 4.09. The van der Waals surface area contributed by atoms with Gasteiger partial charge in [0.05, 0.1) is 5.92 Å². The number of fused-ring (bicyclic) bond motifs is 1. The molecule has 1 atom stereocenters. The van der Waals surface area contributed by atoms with Gasteiger partial charge in [-0.2, -0.15) is 0 Å². The molecule has 1 fully saturated rings. The lowest BCUT2D eigenvalue weighted by molar-refractivity contribution is -0.141. The lowest BCUT2D eigenvalue weighted by Gasteiger charge is -2.16. The first-order chi connectivity index (χ1) is 10.1. The molecule has 2 aromatic rings. The summed E-state index contributed by atoms with van der Waals surface area (Å²) in [5.41, 5.74) is 1.19. The lowest BCUT2D eigenvalue weighted by atomic mass is 10.0. The Hall–Kier alpha value is -2.36. The van der Waals surface area contributed by atoms with Crippen LogP contribution in [0.2, 0.25) is 0 Å². The number of amides is 1. The van der Waals surface area contributed by atoms with Crippen molar-refractivity contribution < 1.29 is 14.7 Å². The van der Waals surface area contributed by atoms with Gasteiger partial charge in [0.2, 0.25) is 5.91 Å². The lowest BCUT2D eigenvalue weighted by Crippen LogP contribution is -2.28. The fraction of sp³-hybridized carbons (Fsp3) is 0.294. The van der Waals surface area contributed by atoms with E-state index in [4.69, 9.17) is 5.11 Å². The second-order valence-corrected chi connectivity index (χ2v) is 5.47. The summed E-state index contributed by atoms with van der Waals surface area (Å²) in [6.45, 7) is 0.912. The molecule has 0 bridgehead atoms. The van der Waals surface area contributed by atoms with Gasteiger partial charge >= 0.3 is 5.97 Å². The van der Waals surface area contributed by atoms with Crippen LogP contribution in [0, 0.1) is 5.92 Å². The van der Waals surface area contributed by atoms with Gasteiger partial charge in [0.1, 0.15) is 0 Å². The molecule has 4 heteroatoms. The first kappa shape index (κ1) is 13.6. The summed E-state index contributed by atoms with van der Waals surface area (Å²) in [6, 6.07) is 14.3. The molecule has 1 aliphatic heterocycles. The minimum atomic E-state index is -0.879. The Labute approximate surface area is 123 Å². The molecular weight excluding hydrogens is 266 g/mol. The van der Waals surface area contributed by atoms with E-state index in [0.717, 1.165) is 6.42 Å². The minimum Gasteiger partial charge on any atom is -0.481 e. The van der Waals surface area contributed by atoms with Crippen LogP contribution in [0.5, 0.6) is 0 Å². The van der Waals surface area contributed by atoms with Crippen LogP contribution in [0.15, 0.2) is 42.5 Å². The van der Waals surface area contributed by atoms with E-state index in [1.807, 2.05) is 18.2 Å². The SMILES string of the molecule is O=C(O)C1CC(=O)N(CCc2cccc3ccccc23)C1. The summed E-state index contributed by atoms with van der Waals surface area (Å²) < 4.78 is 0. The van der Waals surface area contributed by atoms with Crippen LogP contribution in [0.1, 0.15) is 12.0 Å². The molecule has 0 saturated carbocycles. The number of rotatable bonds is 4. The van der Waals surface area contributed by atoms with Crippen molar-refractivity contribution in [3.63, 3.8) is 0 Å². The Kier molecular flexibility index (Phi) is 3.60. The smallest absolute Gasteiger partial charge is 0.308 e. The van der Waals surface area contributed by atoms with Crippen LogP contribution >= 0.6 is 0 Å². The van der Waals surface area contributed by atoms with Crippen molar-refractivity contribution in [3.8, 4) is 0 Å². The number of hydrogen-bond donors (Lipinski definition) is 1. The number of aliphatic carboxylic acids is 1. The van der Waals surface area contributed by atoms with E-state index in [1.54, 1.807) is 4.90 Å². The molecule has 21 heavy (non-hydrogen) atoms. The summed E-state index contributed by atoms with van der Waals surface area (Å²) in [5, 5.41) is 11.4. The number of likely N-dealkylation sites (tertiary alicyclic amines) is 1. The molecular formula is C17H17NO3. The predicted molar refractivity (Wildman–Crippen MR) is 80.0 cm³/mol. The zero-order valence-electron chi connectivity index (χ0n) is 11.7. The van der Waals surface area contributed by atoms with Crippen molar-refractivity contribution in [2.24, 2.45) is 5.92 Å². The quantitative estimate of drug-likeness (QED) is 0.936. The zero-order valence-corrected chi connectivity index (χ0v) is 11.7. The fourth-order valence-corrected chi connectivity index (χ4v) is 2.92. The molecule has 1 N–H and O–H groups in total. The third kappa shape index (κ3) is 2.75. The molecule has 0 spiro atoms. The maximum Gasteiger partial charge on any atom is 0.308 e. The molecule has 4 nitrogen and oxygen atoms in total. The molecule has 1 saturated heterocycles. The summed E-state index contributed by atoms with van der Waals surface area (Å²) in [7, 11) is 0. The molecule has 2 aromatic carbocycles. The van der Waals surface area contributed by atoms with Gasteiger partial charge < -0.3 is 10.0 Å². The van der Waals surface area contributed by atoms with Gasteiger partial charge in [-0.05, 0) is 22.8 Å². The van der Waals surface area contributed by atoms with Crippen LogP contribution in [-0.2, 0) is 16.0 Å². The summed E-state index contributed by atoms with van der Waals surface area (Å²) in [4.78, 5) is 24.5. The Morgan fingerprint density at radius 3 is 2.71 bits per heavy atom. The van der Waals surface area contributed by atoms with Crippen LogP contribution < -0.4 is 0 Å². The van der Waals surface area contributed by atoms with Gasteiger partial charge in [0.25, 0.3) is 0 Å². The van der Waals surface area contributed by atoms with Crippen molar-refractivity contribution >= 4 is 22.6 Å². The van der Waals surface area contributed by atoms with E-state index in [2.05, 4.69) is 24.3 Å². The topological polar surface area (TPSA) is 57.6 Å². The van der Waals surface area contributed by atoms with Gasteiger partial charge in [-0.1, -0.05) is 42.5 Å². The summed E-state index contributed by atoms with van der Waals surface area (Å²) in [6.07, 6.45) is 0.879. The molecule has 1 unspecified atom stereocenters. The standard InChI is InChI=1S/C17H17NO3/c19-16-10-14(17(20)21)11-18(16)9-8-13-6-3-5-12-4-1-2-7-15(12)13/h1-7,14H,8-11H2,(H,20,21). The molecule has 0 radical (unpaired) electrons. The third-order valence-electron chi connectivity index (χ3n) is 4.09. The molecule has 1 heterocycles. The Morgan fingerprint density at radius 1 is 1.19 bits per heavy atom. The van der Waals surface area contributed by atoms with E-state index in [9.17, 15) is 9.59 Å². The zero-order chi connectivity index (χ0) is 14.8. The first-order valence-electron chi connectivity index (χ1n) is 7.12. The van der Waals surface area contributed by atoms with E-state index < -0.39 is 11.9 Å². The number of carboxylic acid groups (broad SMARTS) is 1. The fourth-order valence-electron chi connectivity index (χ4n) is 2.92. The summed E-state index contributed by atoms with van der Waals surface area (Å²) in [5.74, 6) is -1.48. The van der Waals surface area contributed by atoms with Crippen molar-refractivity contribution in [1.29, 1.82) is 0 Å². The van der Waals surface area contributed by atoms with Gasteiger partial charge in [-0.15, -0.1) is 0 Å². The number of hydrogen-bond acceptors (Lipinski definition) is 2. The Morgan fingerprint density at radius 2 is 1.95 bits per heavy atom. The number of benzene rings is 2. The highest BCUT2D eigenvalue weighted by molar-refractivity contribution is 5.87. The molecule has 1 amide bonds. The van der Waals surface area contributed by atoms with E-state index in [1.165, 1.54) is 16.3 Å².